The number of hydrogen-bond donors (Lipinski definition) is 0. The van der Waals surface area contributed by atoms with Crippen molar-refractivity contribution in [3.63, 3.8) is 0 Å². The van der Waals surface area contributed by atoms with Gasteiger partial charge in [-0.3, -0.25) is 0 Å². The summed E-state index contributed by atoms with van der Waals surface area (Å²) < 4.78 is 77.3. The number of benzene rings is 3. The van der Waals surface area contributed by atoms with Crippen molar-refractivity contribution in [2.75, 3.05) is 0 Å². The highest BCUT2D eigenvalue weighted by Crippen LogP contribution is 2.44. The highest BCUT2D eigenvalue weighted by atomic mass is 32.2. The molecule has 0 saturated heterocycles. The Morgan fingerprint density at radius 3 is 1.54 bits per heavy atom. The third-order valence-corrected chi connectivity index (χ3v) is 6.37. The van der Waals surface area contributed by atoms with Crippen molar-refractivity contribution in [2.45, 2.75) is 24.3 Å². The zero-order chi connectivity index (χ0) is 25.3. The lowest BCUT2D eigenvalue weighted by atomic mass is 9.80. The number of carbonyl (C=O) groups excluding carboxylic acids is 1. The molecule has 0 aliphatic carbocycles. The second kappa shape index (κ2) is 9.20. The van der Waals surface area contributed by atoms with E-state index in [9.17, 15) is 26.4 Å². The van der Waals surface area contributed by atoms with Crippen LogP contribution >= 0.6 is 0 Å². The summed E-state index contributed by atoms with van der Waals surface area (Å²) in [5.74, 6) is -2.47. The Hall–Kier alpha value is -3.63. The molecule has 3 aromatic carbocycles. The van der Waals surface area contributed by atoms with Gasteiger partial charge in [0.2, 0.25) is 12.0 Å². The van der Waals surface area contributed by atoms with Gasteiger partial charge in [0, 0.05) is 5.57 Å². The lowest BCUT2D eigenvalue weighted by molar-refractivity contribution is -0.178. The van der Waals surface area contributed by atoms with E-state index in [2.05, 4.69) is 4.18 Å². The molecule has 0 amide bonds. The zero-order valence-corrected chi connectivity index (χ0v) is 19.0. The average Bonchev–Trinajstić information content (AvgIpc) is 3.10. The molecule has 1 atom stereocenters. The van der Waals surface area contributed by atoms with Crippen LogP contribution in [0.1, 0.15) is 23.6 Å². The fourth-order valence-electron chi connectivity index (χ4n) is 3.76. The Kier molecular flexibility index (Phi) is 6.44. The van der Waals surface area contributed by atoms with Gasteiger partial charge in [0.25, 0.3) is 0 Å². The minimum atomic E-state index is -6.08. The van der Waals surface area contributed by atoms with Gasteiger partial charge in [0.1, 0.15) is 5.60 Å². The first kappa shape index (κ1) is 24.5. The van der Waals surface area contributed by atoms with Gasteiger partial charge < -0.3 is 13.7 Å². The number of esters is 1. The zero-order valence-electron chi connectivity index (χ0n) is 18.2. The lowest BCUT2D eigenvalue weighted by Crippen LogP contribution is -2.37. The van der Waals surface area contributed by atoms with Gasteiger partial charge in [-0.25, -0.2) is 4.79 Å². The van der Waals surface area contributed by atoms with Crippen LogP contribution in [0.2, 0.25) is 0 Å². The van der Waals surface area contributed by atoms with Crippen molar-refractivity contribution in [3.8, 4) is 0 Å². The van der Waals surface area contributed by atoms with Crippen LogP contribution < -0.4 is 0 Å². The molecule has 182 valence electrons. The Morgan fingerprint density at radius 1 is 0.771 bits per heavy atom. The summed E-state index contributed by atoms with van der Waals surface area (Å²) in [6, 6.07) is 26.9. The monoisotopic (exact) mass is 504 g/mol. The summed E-state index contributed by atoms with van der Waals surface area (Å²) in [6.45, 7) is 1.21. The van der Waals surface area contributed by atoms with E-state index in [0.29, 0.717) is 16.7 Å². The smallest absolute Gasteiger partial charge is 0.426 e. The van der Waals surface area contributed by atoms with Crippen molar-refractivity contribution in [1.29, 1.82) is 0 Å². The SMILES string of the molecule is CC1=C(OS(=O)(=O)C(F)(F)F)C(=O)OC1OC(c1ccccc1)(c1ccccc1)c1ccccc1. The van der Waals surface area contributed by atoms with Crippen LogP contribution in [-0.4, -0.2) is 26.2 Å². The van der Waals surface area contributed by atoms with Gasteiger partial charge in [-0.05, 0) is 23.6 Å². The van der Waals surface area contributed by atoms with E-state index in [1.54, 1.807) is 91.0 Å². The maximum Gasteiger partial charge on any atom is 0.534 e. The van der Waals surface area contributed by atoms with Gasteiger partial charge in [0.05, 0.1) is 0 Å². The van der Waals surface area contributed by atoms with Crippen molar-refractivity contribution in [1.82, 2.24) is 0 Å². The fraction of sp³-hybridized carbons (Fsp3) is 0.160. The van der Waals surface area contributed by atoms with Crippen molar-refractivity contribution < 1.29 is 40.0 Å². The number of cyclic esters (lactones) is 1. The summed E-state index contributed by atoms with van der Waals surface area (Å²) in [7, 11) is -6.08. The highest BCUT2D eigenvalue weighted by molar-refractivity contribution is 7.87. The van der Waals surface area contributed by atoms with Crippen LogP contribution in [0.4, 0.5) is 13.2 Å². The van der Waals surface area contributed by atoms with Crippen LogP contribution in [0.5, 0.6) is 0 Å². The maximum atomic E-state index is 12.9. The van der Waals surface area contributed by atoms with E-state index >= 15 is 0 Å². The summed E-state index contributed by atoms with van der Waals surface area (Å²) >= 11 is 0. The number of halogens is 3. The fourth-order valence-corrected chi connectivity index (χ4v) is 4.27. The third-order valence-electron chi connectivity index (χ3n) is 5.41. The normalized spacial score (nSPS) is 16.8. The Bertz CT molecular complexity index is 1240. The Balaban J connectivity index is 1.86. The largest absolute Gasteiger partial charge is 0.534 e. The van der Waals surface area contributed by atoms with E-state index < -0.39 is 39.2 Å². The van der Waals surface area contributed by atoms with Crippen LogP contribution in [0.25, 0.3) is 0 Å². The summed E-state index contributed by atoms with van der Waals surface area (Å²) in [5, 5.41) is 0. The average molecular weight is 504 g/mol. The molecule has 0 bridgehead atoms. The molecule has 1 heterocycles. The van der Waals surface area contributed by atoms with E-state index in [4.69, 9.17) is 9.47 Å². The molecule has 0 spiro atoms. The van der Waals surface area contributed by atoms with E-state index in [0.717, 1.165) is 0 Å². The number of rotatable bonds is 7. The summed E-state index contributed by atoms with van der Waals surface area (Å²) in [5.41, 5.74) is -5.44. The number of ether oxygens (including phenoxy) is 2. The molecular formula is C25H19F3O6S. The van der Waals surface area contributed by atoms with E-state index in [1.165, 1.54) is 6.92 Å². The lowest BCUT2D eigenvalue weighted by Gasteiger charge is -2.37. The maximum absolute atomic E-state index is 12.9. The van der Waals surface area contributed by atoms with Gasteiger partial charge in [-0.2, -0.15) is 21.6 Å². The minimum Gasteiger partial charge on any atom is -0.426 e. The molecular weight excluding hydrogens is 485 g/mol. The summed E-state index contributed by atoms with van der Waals surface area (Å²) in [6.07, 6.45) is -1.54. The molecule has 3 aromatic rings. The van der Waals surface area contributed by atoms with Crippen LogP contribution in [0, 0.1) is 0 Å². The first-order chi connectivity index (χ1) is 16.6. The number of alkyl halides is 3. The van der Waals surface area contributed by atoms with Crippen LogP contribution in [0.3, 0.4) is 0 Å². The molecule has 6 nitrogen and oxygen atoms in total. The molecule has 4 rings (SSSR count). The topological polar surface area (TPSA) is 78.9 Å². The number of hydrogen-bond acceptors (Lipinski definition) is 6. The van der Waals surface area contributed by atoms with E-state index in [-0.39, 0.29) is 5.57 Å². The predicted molar refractivity (Wildman–Crippen MR) is 119 cm³/mol. The minimum absolute atomic E-state index is 0.255. The molecule has 0 fully saturated rings. The Morgan fingerprint density at radius 2 is 1.17 bits per heavy atom. The van der Waals surface area contributed by atoms with Gasteiger partial charge in [-0.1, -0.05) is 91.0 Å². The molecule has 1 aliphatic rings. The quantitative estimate of drug-likeness (QED) is 0.195. The van der Waals surface area contributed by atoms with Gasteiger partial charge in [0.15, 0.2) is 0 Å². The number of carbonyl (C=O) groups is 1. The second-order valence-electron chi connectivity index (χ2n) is 7.63. The summed E-state index contributed by atoms with van der Waals surface area (Å²) in [4.78, 5) is 12.4. The van der Waals surface area contributed by atoms with Crippen LogP contribution in [0.15, 0.2) is 102 Å². The highest BCUT2D eigenvalue weighted by Gasteiger charge is 2.52. The van der Waals surface area contributed by atoms with E-state index in [1.807, 2.05) is 0 Å². The first-order valence-corrected chi connectivity index (χ1v) is 11.7. The van der Waals surface area contributed by atoms with Crippen molar-refractivity contribution >= 4 is 16.1 Å². The van der Waals surface area contributed by atoms with Crippen molar-refractivity contribution in [3.05, 3.63) is 119 Å². The third kappa shape index (κ3) is 4.54. The molecule has 0 saturated carbocycles. The van der Waals surface area contributed by atoms with Gasteiger partial charge >= 0.3 is 21.6 Å². The standard InChI is InChI=1S/C25H19F3O6S/c1-17-21(34-35(30,31)25(26,27)28)22(29)32-23(17)33-24(18-11-5-2-6-12-18,19-13-7-3-8-14-19)20-15-9-4-10-16-20/h2-16,23H,1H3. The molecule has 0 radical (unpaired) electrons. The molecule has 10 heteroatoms. The molecule has 0 aromatic heterocycles. The molecule has 35 heavy (non-hydrogen) atoms. The predicted octanol–water partition coefficient (Wildman–Crippen LogP) is 5.02. The first-order valence-electron chi connectivity index (χ1n) is 10.3. The molecule has 1 aliphatic heterocycles. The molecule has 1 unspecified atom stereocenters. The Labute approximate surface area is 199 Å². The second-order valence-corrected chi connectivity index (χ2v) is 9.17. The van der Waals surface area contributed by atoms with Gasteiger partial charge in [-0.15, -0.1) is 0 Å². The molecule has 0 N–H and O–H groups in total. The van der Waals surface area contributed by atoms with Crippen molar-refractivity contribution in [2.24, 2.45) is 0 Å². The van der Waals surface area contributed by atoms with Crippen LogP contribution in [-0.2, 0) is 34.2 Å².